The van der Waals surface area contributed by atoms with Crippen LogP contribution >= 0.6 is 23.1 Å². The minimum atomic E-state index is -3.66. The number of nitrogens with one attached hydrogen (secondary N) is 2. The van der Waals surface area contributed by atoms with E-state index >= 15 is 0 Å². The molecule has 1 aliphatic heterocycles. The highest BCUT2D eigenvalue weighted by atomic mass is 32.2. The lowest BCUT2D eigenvalue weighted by Gasteiger charge is -2.18. The van der Waals surface area contributed by atoms with E-state index in [4.69, 9.17) is 0 Å². The number of rotatable bonds is 8. The minimum Gasteiger partial charge on any atom is -0.381 e. The molecule has 0 atom stereocenters. The molecule has 0 bridgehead atoms. The Labute approximate surface area is 197 Å². The van der Waals surface area contributed by atoms with E-state index in [1.165, 1.54) is 10.4 Å². The standard InChI is InChI=1S/C23H25N3O3S3/c1-30-21-6-4-5-19(13-21)25-23(27)18-11-20(24-15-17-7-10-31-16-17)14-22(12-18)32(28,29)26-8-2-3-9-26/h4-7,10-14,16,24H,2-3,8-9,15H2,1H3,(H,25,27). The van der Waals surface area contributed by atoms with Gasteiger partial charge in [0.05, 0.1) is 4.90 Å². The van der Waals surface area contributed by atoms with Crippen molar-refractivity contribution in [3.8, 4) is 0 Å². The molecule has 9 heteroatoms. The van der Waals surface area contributed by atoms with Crippen molar-refractivity contribution in [2.75, 3.05) is 30.0 Å². The van der Waals surface area contributed by atoms with Crippen molar-refractivity contribution in [1.82, 2.24) is 4.31 Å². The summed E-state index contributed by atoms with van der Waals surface area (Å²) in [5, 5.41) is 10.2. The van der Waals surface area contributed by atoms with Gasteiger partial charge >= 0.3 is 0 Å². The van der Waals surface area contributed by atoms with Gasteiger partial charge in [-0.3, -0.25) is 4.79 Å². The van der Waals surface area contributed by atoms with Gasteiger partial charge in [-0.2, -0.15) is 15.6 Å². The fourth-order valence-electron chi connectivity index (χ4n) is 3.56. The molecule has 1 saturated heterocycles. The van der Waals surface area contributed by atoms with Crippen LogP contribution in [0.15, 0.2) is 69.1 Å². The van der Waals surface area contributed by atoms with Crippen LogP contribution in [0, 0.1) is 0 Å². The van der Waals surface area contributed by atoms with Crippen LogP contribution in [0.2, 0.25) is 0 Å². The van der Waals surface area contributed by atoms with E-state index in [2.05, 4.69) is 10.6 Å². The zero-order chi connectivity index (χ0) is 22.6. The van der Waals surface area contributed by atoms with E-state index in [9.17, 15) is 13.2 Å². The fourth-order valence-corrected chi connectivity index (χ4v) is 6.28. The second-order valence-electron chi connectivity index (χ2n) is 7.53. The van der Waals surface area contributed by atoms with E-state index in [1.807, 2.05) is 47.3 Å². The lowest BCUT2D eigenvalue weighted by molar-refractivity contribution is 0.102. The van der Waals surface area contributed by atoms with E-state index < -0.39 is 10.0 Å². The minimum absolute atomic E-state index is 0.137. The number of amides is 1. The maximum absolute atomic E-state index is 13.2. The molecule has 1 amide bonds. The molecular weight excluding hydrogens is 462 g/mol. The van der Waals surface area contributed by atoms with Crippen LogP contribution in [0.25, 0.3) is 0 Å². The predicted octanol–water partition coefficient (Wildman–Crippen LogP) is 5.12. The Kier molecular flexibility index (Phi) is 7.20. The molecule has 1 aliphatic rings. The molecule has 32 heavy (non-hydrogen) atoms. The quantitative estimate of drug-likeness (QED) is 0.431. The summed E-state index contributed by atoms with van der Waals surface area (Å²) in [5.41, 5.74) is 2.66. The van der Waals surface area contributed by atoms with Crippen molar-refractivity contribution in [3.63, 3.8) is 0 Å². The Bertz CT molecular complexity index is 1190. The highest BCUT2D eigenvalue weighted by molar-refractivity contribution is 7.98. The Balaban J connectivity index is 1.64. The molecule has 0 radical (unpaired) electrons. The van der Waals surface area contributed by atoms with Crippen LogP contribution in [0.3, 0.4) is 0 Å². The highest BCUT2D eigenvalue weighted by Gasteiger charge is 2.28. The molecule has 2 N–H and O–H groups in total. The van der Waals surface area contributed by atoms with Gasteiger partial charge < -0.3 is 10.6 Å². The van der Waals surface area contributed by atoms with Gasteiger partial charge in [-0.15, -0.1) is 11.8 Å². The maximum Gasteiger partial charge on any atom is 0.255 e. The summed E-state index contributed by atoms with van der Waals surface area (Å²) in [5.74, 6) is -0.347. The second kappa shape index (κ2) is 10.1. The number of anilines is 2. The van der Waals surface area contributed by atoms with Gasteiger partial charge in [-0.1, -0.05) is 6.07 Å². The van der Waals surface area contributed by atoms with Crippen molar-refractivity contribution in [2.45, 2.75) is 29.2 Å². The fraction of sp³-hybridized carbons (Fsp3) is 0.261. The van der Waals surface area contributed by atoms with Gasteiger partial charge in [0.1, 0.15) is 0 Å². The molecule has 0 unspecified atom stereocenters. The third-order valence-electron chi connectivity index (χ3n) is 5.28. The normalized spacial score (nSPS) is 14.4. The lowest BCUT2D eigenvalue weighted by atomic mass is 10.1. The zero-order valence-electron chi connectivity index (χ0n) is 17.7. The first-order valence-corrected chi connectivity index (χ1v) is 13.9. The predicted molar refractivity (Wildman–Crippen MR) is 132 cm³/mol. The van der Waals surface area contributed by atoms with Gasteiger partial charge in [-0.05, 0) is 77.9 Å². The molecule has 1 aromatic heterocycles. The van der Waals surface area contributed by atoms with Gasteiger partial charge in [0.2, 0.25) is 10.0 Å². The van der Waals surface area contributed by atoms with Gasteiger partial charge in [0.25, 0.3) is 5.91 Å². The Morgan fingerprint density at radius 3 is 2.62 bits per heavy atom. The first kappa shape index (κ1) is 22.8. The average molecular weight is 488 g/mol. The Hall–Kier alpha value is -2.33. The van der Waals surface area contributed by atoms with Gasteiger partial charge in [0, 0.05) is 41.5 Å². The van der Waals surface area contributed by atoms with E-state index in [-0.39, 0.29) is 10.8 Å². The van der Waals surface area contributed by atoms with Crippen LogP contribution < -0.4 is 10.6 Å². The molecule has 3 aromatic rings. The molecule has 2 aromatic carbocycles. The number of thiophene rings is 1. The summed E-state index contributed by atoms with van der Waals surface area (Å²) in [6.07, 6.45) is 3.68. The molecular formula is C23H25N3O3S3. The first-order chi connectivity index (χ1) is 15.5. The van der Waals surface area contributed by atoms with E-state index in [0.29, 0.717) is 36.6 Å². The third-order valence-corrected chi connectivity index (χ3v) is 8.61. The summed E-state index contributed by atoms with van der Waals surface area (Å²) in [7, 11) is -3.66. The summed E-state index contributed by atoms with van der Waals surface area (Å²) in [6, 6.07) is 14.3. The topological polar surface area (TPSA) is 78.5 Å². The van der Waals surface area contributed by atoms with Crippen molar-refractivity contribution in [2.24, 2.45) is 0 Å². The highest BCUT2D eigenvalue weighted by Crippen LogP contribution is 2.26. The number of carbonyl (C=O) groups is 1. The maximum atomic E-state index is 13.2. The SMILES string of the molecule is CSc1cccc(NC(=O)c2cc(NCc3ccsc3)cc(S(=O)(=O)N3CCCC3)c2)c1. The molecule has 0 spiro atoms. The summed E-state index contributed by atoms with van der Waals surface area (Å²) >= 11 is 3.19. The average Bonchev–Trinajstić information content (AvgIpc) is 3.52. The van der Waals surface area contributed by atoms with Crippen molar-refractivity contribution in [3.05, 3.63) is 70.4 Å². The number of nitrogens with zero attached hydrogens (tertiary/aromatic N) is 1. The van der Waals surface area contributed by atoms with Crippen LogP contribution in [0.4, 0.5) is 11.4 Å². The van der Waals surface area contributed by atoms with Crippen molar-refractivity contribution >= 4 is 50.4 Å². The number of hydrogen-bond donors (Lipinski definition) is 2. The van der Waals surface area contributed by atoms with Crippen LogP contribution in [0.1, 0.15) is 28.8 Å². The van der Waals surface area contributed by atoms with Crippen LogP contribution in [-0.4, -0.2) is 38.0 Å². The monoisotopic (exact) mass is 487 g/mol. The molecule has 168 valence electrons. The number of sulfonamides is 1. The molecule has 0 saturated carbocycles. The molecule has 6 nitrogen and oxygen atoms in total. The Morgan fingerprint density at radius 1 is 1.09 bits per heavy atom. The smallest absolute Gasteiger partial charge is 0.255 e. The molecule has 1 fully saturated rings. The number of carbonyl (C=O) groups excluding carboxylic acids is 1. The largest absolute Gasteiger partial charge is 0.381 e. The molecule has 4 rings (SSSR count). The molecule has 2 heterocycles. The number of thioether (sulfide) groups is 1. The van der Waals surface area contributed by atoms with Crippen LogP contribution in [0.5, 0.6) is 0 Å². The van der Waals surface area contributed by atoms with Gasteiger partial charge in [-0.25, -0.2) is 8.42 Å². The van der Waals surface area contributed by atoms with Gasteiger partial charge in [0.15, 0.2) is 0 Å². The third kappa shape index (κ3) is 5.35. The van der Waals surface area contributed by atoms with Crippen molar-refractivity contribution < 1.29 is 13.2 Å². The lowest BCUT2D eigenvalue weighted by Crippen LogP contribution is -2.28. The van der Waals surface area contributed by atoms with E-state index in [1.54, 1.807) is 35.2 Å². The van der Waals surface area contributed by atoms with E-state index in [0.717, 1.165) is 23.3 Å². The first-order valence-electron chi connectivity index (χ1n) is 10.3. The van der Waals surface area contributed by atoms with Crippen molar-refractivity contribution in [1.29, 1.82) is 0 Å². The summed E-state index contributed by atoms with van der Waals surface area (Å²) in [4.78, 5) is 14.2. The molecule has 0 aliphatic carbocycles. The second-order valence-corrected chi connectivity index (χ2v) is 11.1. The summed E-state index contributed by atoms with van der Waals surface area (Å²) < 4.78 is 27.9. The summed E-state index contributed by atoms with van der Waals surface area (Å²) in [6.45, 7) is 1.57. The van der Waals surface area contributed by atoms with Crippen LogP contribution in [-0.2, 0) is 16.6 Å². The Morgan fingerprint density at radius 2 is 1.91 bits per heavy atom. The number of benzene rings is 2. The number of hydrogen-bond acceptors (Lipinski definition) is 6. The zero-order valence-corrected chi connectivity index (χ0v) is 20.2.